The topological polar surface area (TPSA) is 78.1 Å². The molecule has 0 bridgehead atoms. The Morgan fingerprint density at radius 1 is 1.18 bits per heavy atom. The third-order valence-electron chi connectivity index (χ3n) is 2.23. The largest absolute Gasteiger partial charge is 0.325 e. The van der Waals surface area contributed by atoms with Crippen LogP contribution in [0.4, 0.5) is 5.69 Å². The highest BCUT2D eigenvalue weighted by Gasteiger charge is 1.96. The Morgan fingerprint density at radius 3 is 2.53 bits per heavy atom. The van der Waals surface area contributed by atoms with Crippen LogP contribution in [0, 0.1) is 6.92 Å². The fourth-order valence-corrected chi connectivity index (χ4v) is 1.30. The second-order valence-electron chi connectivity index (χ2n) is 3.63. The first-order chi connectivity index (χ1) is 8.15. The Hall–Kier alpha value is -2.43. The molecule has 1 heterocycles. The minimum absolute atomic E-state index is 0.171. The molecule has 0 spiro atoms. The third-order valence-corrected chi connectivity index (χ3v) is 2.23. The molecular formula is C12H11N3O2. The predicted molar refractivity (Wildman–Crippen MR) is 66.1 cm³/mol. The van der Waals surface area contributed by atoms with Gasteiger partial charge in [0.1, 0.15) is 5.69 Å². The van der Waals surface area contributed by atoms with Crippen molar-refractivity contribution in [3.05, 3.63) is 62.4 Å². The summed E-state index contributed by atoms with van der Waals surface area (Å²) in [5, 5.41) is 0. The molecule has 5 heteroatoms. The lowest BCUT2D eigenvalue weighted by Crippen LogP contribution is -2.20. The van der Waals surface area contributed by atoms with Crippen LogP contribution < -0.4 is 11.2 Å². The molecule has 0 fully saturated rings. The maximum Gasteiger partial charge on any atom is 0.325 e. The summed E-state index contributed by atoms with van der Waals surface area (Å²) in [5.41, 5.74) is 1.18. The molecule has 0 atom stereocenters. The van der Waals surface area contributed by atoms with Crippen LogP contribution in [0.15, 0.2) is 45.0 Å². The summed E-state index contributed by atoms with van der Waals surface area (Å²) in [6, 6.07) is 7.72. The number of rotatable bonds is 2. The van der Waals surface area contributed by atoms with E-state index in [0.29, 0.717) is 0 Å². The number of aliphatic imine (C=N–C) groups is 1. The van der Waals surface area contributed by atoms with Crippen LogP contribution in [0.3, 0.4) is 0 Å². The molecule has 0 aliphatic carbocycles. The van der Waals surface area contributed by atoms with E-state index in [-0.39, 0.29) is 5.69 Å². The Morgan fingerprint density at radius 2 is 1.88 bits per heavy atom. The standard InChI is InChI=1S/C12H11N3O2/c1-8-2-4-9(5-3-8)6-13-10-7-14-12(17)15-11(10)16/h2-7H,1H3,(H2,14,15,16,17). The zero-order valence-corrected chi connectivity index (χ0v) is 9.23. The van der Waals surface area contributed by atoms with E-state index in [1.54, 1.807) is 6.21 Å². The molecule has 5 nitrogen and oxygen atoms in total. The second kappa shape index (κ2) is 4.61. The summed E-state index contributed by atoms with van der Waals surface area (Å²) in [4.78, 5) is 30.6. The minimum atomic E-state index is -0.538. The molecular weight excluding hydrogens is 218 g/mol. The molecule has 0 saturated heterocycles. The van der Waals surface area contributed by atoms with Gasteiger partial charge in [0, 0.05) is 12.4 Å². The molecule has 0 saturated carbocycles. The van der Waals surface area contributed by atoms with Crippen LogP contribution >= 0.6 is 0 Å². The van der Waals surface area contributed by atoms with Crippen molar-refractivity contribution in [3.8, 4) is 0 Å². The van der Waals surface area contributed by atoms with Crippen LogP contribution in [0.1, 0.15) is 11.1 Å². The molecule has 2 rings (SSSR count). The molecule has 1 aromatic carbocycles. The average Bonchev–Trinajstić information content (AvgIpc) is 2.30. The number of hydrogen-bond acceptors (Lipinski definition) is 3. The lowest BCUT2D eigenvalue weighted by atomic mass is 10.2. The van der Waals surface area contributed by atoms with Gasteiger partial charge in [0.25, 0.3) is 5.56 Å². The van der Waals surface area contributed by atoms with Crippen molar-refractivity contribution in [1.82, 2.24) is 9.97 Å². The summed E-state index contributed by atoms with van der Waals surface area (Å²) in [7, 11) is 0. The van der Waals surface area contributed by atoms with E-state index >= 15 is 0 Å². The van der Waals surface area contributed by atoms with Gasteiger partial charge in [0.05, 0.1) is 0 Å². The van der Waals surface area contributed by atoms with E-state index < -0.39 is 11.2 Å². The highest BCUT2D eigenvalue weighted by Crippen LogP contribution is 2.03. The Balaban J connectivity index is 2.29. The zero-order chi connectivity index (χ0) is 12.3. The first-order valence-corrected chi connectivity index (χ1v) is 5.08. The van der Waals surface area contributed by atoms with Gasteiger partial charge in [0.15, 0.2) is 0 Å². The SMILES string of the molecule is Cc1ccc(C=Nc2c[nH]c(=O)[nH]c2=O)cc1. The van der Waals surface area contributed by atoms with Gasteiger partial charge >= 0.3 is 5.69 Å². The van der Waals surface area contributed by atoms with Gasteiger partial charge < -0.3 is 4.98 Å². The van der Waals surface area contributed by atoms with E-state index in [2.05, 4.69) is 15.0 Å². The van der Waals surface area contributed by atoms with Crippen molar-refractivity contribution in [2.45, 2.75) is 6.92 Å². The number of benzene rings is 1. The molecule has 0 aliphatic heterocycles. The zero-order valence-electron chi connectivity index (χ0n) is 9.23. The summed E-state index contributed by atoms with van der Waals surface area (Å²) < 4.78 is 0. The first-order valence-electron chi connectivity index (χ1n) is 5.08. The van der Waals surface area contributed by atoms with Crippen molar-refractivity contribution in [2.24, 2.45) is 4.99 Å². The quantitative estimate of drug-likeness (QED) is 0.757. The van der Waals surface area contributed by atoms with E-state index in [0.717, 1.165) is 11.1 Å². The maximum absolute atomic E-state index is 11.3. The van der Waals surface area contributed by atoms with Crippen molar-refractivity contribution < 1.29 is 0 Å². The Bertz CT molecular complexity index is 650. The number of hydrogen-bond donors (Lipinski definition) is 2. The maximum atomic E-state index is 11.3. The van der Waals surface area contributed by atoms with Gasteiger partial charge in [-0.1, -0.05) is 29.8 Å². The molecule has 0 radical (unpaired) electrons. The molecule has 86 valence electrons. The summed E-state index contributed by atoms with van der Waals surface area (Å²) >= 11 is 0. The number of H-pyrrole nitrogens is 2. The number of nitrogens with zero attached hydrogens (tertiary/aromatic N) is 1. The van der Waals surface area contributed by atoms with Crippen LogP contribution in [0.5, 0.6) is 0 Å². The molecule has 0 aliphatic rings. The molecule has 1 aromatic heterocycles. The summed E-state index contributed by atoms with van der Waals surface area (Å²) in [6.45, 7) is 1.99. The third kappa shape index (κ3) is 2.78. The highest BCUT2D eigenvalue weighted by atomic mass is 16.2. The number of aryl methyl sites for hydroxylation is 1. The predicted octanol–water partition coefficient (Wildman–Crippen LogP) is 1.12. The van der Waals surface area contributed by atoms with Crippen molar-refractivity contribution in [2.75, 3.05) is 0 Å². The van der Waals surface area contributed by atoms with Gasteiger partial charge in [-0.15, -0.1) is 0 Å². The summed E-state index contributed by atoms with van der Waals surface area (Å²) in [5.74, 6) is 0. The minimum Gasteiger partial charge on any atom is -0.312 e. The number of aromatic nitrogens is 2. The molecule has 2 aromatic rings. The number of aromatic amines is 2. The first kappa shape index (κ1) is 11.1. The monoisotopic (exact) mass is 229 g/mol. The van der Waals surface area contributed by atoms with Crippen LogP contribution in [-0.2, 0) is 0 Å². The van der Waals surface area contributed by atoms with Crippen LogP contribution in [-0.4, -0.2) is 16.2 Å². The molecule has 2 N–H and O–H groups in total. The fraction of sp³-hybridized carbons (Fsp3) is 0.0833. The van der Waals surface area contributed by atoms with Crippen LogP contribution in [0.2, 0.25) is 0 Å². The summed E-state index contributed by atoms with van der Waals surface area (Å²) in [6.07, 6.45) is 2.86. The second-order valence-corrected chi connectivity index (χ2v) is 3.63. The van der Waals surface area contributed by atoms with Gasteiger partial charge in [-0.2, -0.15) is 0 Å². The van der Waals surface area contributed by atoms with Gasteiger partial charge in [-0.05, 0) is 12.5 Å². The van der Waals surface area contributed by atoms with E-state index in [9.17, 15) is 9.59 Å². The van der Waals surface area contributed by atoms with Crippen molar-refractivity contribution >= 4 is 11.9 Å². The Kier molecular flexibility index (Phi) is 3.00. The number of nitrogens with one attached hydrogen (secondary N) is 2. The fourth-order valence-electron chi connectivity index (χ4n) is 1.30. The van der Waals surface area contributed by atoms with Crippen molar-refractivity contribution in [3.63, 3.8) is 0 Å². The Labute approximate surface area is 96.9 Å². The molecule has 0 unspecified atom stereocenters. The average molecular weight is 229 g/mol. The van der Waals surface area contributed by atoms with Gasteiger partial charge in [-0.3, -0.25) is 9.78 Å². The van der Waals surface area contributed by atoms with E-state index in [4.69, 9.17) is 0 Å². The highest BCUT2D eigenvalue weighted by molar-refractivity contribution is 5.81. The van der Waals surface area contributed by atoms with E-state index in [1.807, 2.05) is 31.2 Å². The smallest absolute Gasteiger partial charge is 0.312 e. The molecule has 0 amide bonds. The van der Waals surface area contributed by atoms with Gasteiger partial charge in [0.2, 0.25) is 0 Å². The van der Waals surface area contributed by atoms with E-state index in [1.165, 1.54) is 6.20 Å². The van der Waals surface area contributed by atoms with Gasteiger partial charge in [-0.25, -0.2) is 9.79 Å². The normalized spacial score (nSPS) is 10.9. The lowest BCUT2D eigenvalue weighted by molar-refractivity contribution is 1.03. The van der Waals surface area contributed by atoms with Crippen molar-refractivity contribution in [1.29, 1.82) is 0 Å². The van der Waals surface area contributed by atoms with Crippen LogP contribution in [0.25, 0.3) is 0 Å². The molecule has 17 heavy (non-hydrogen) atoms. The lowest BCUT2D eigenvalue weighted by Gasteiger charge is -1.94.